The highest BCUT2D eigenvalue weighted by Gasteiger charge is 2.22. The Labute approximate surface area is 111 Å². The van der Waals surface area contributed by atoms with E-state index < -0.39 is 0 Å². The molecule has 0 saturated carbocycles. The standard InChI is InChI=1S/C13H18N2O2S/c1-9(8-16)14-13(17)15-11-6-7-18-12-5-3-2-4-10(11)12/h2-5,9,11,16H,6-8H2,1H3,(H2,14,15,17)/t9-,11-/m1/s1. The summed E-state index contributed by atoms with van der Waals surface area (Å²) in [5, 5.41) is 14.6. The quantitative estimate of drug-likeness (QED) is 0.783. The molecule has 18 heavy (non-hydrogen) atoms. The van der Waals surface area contributed by atoms with Crippen LogP contribution in [0.25, 0.3) is 0 Å². The number of urea groups is 1. The molecule has 0 bridgehead atoms. The first-order chi connectivity index (χ1) is 8.70. The van der Waals surface area contributed by atoms with Gasteiger partial charge in [0.25, 0.3) is 0 Å². The second-order valence-electron chi connectivity index (χ2n) is 4.43. The van der Waals surface area contributed by atoms with Gasteiger partial charge < -0.3 is 15.7 Å². The van der Waals surface area contributed by atoms with Crippen LogP contribution in [0.5, 0.6) is 0 Å². The van der Waals surface area contributed by atoms with E-state index in [4.69, 9.17) is 5.11 Å². The third kappa shape index (κ3) is 3.17. The molecule has 0 saturated heterocycles. The van der Waals surface area contributed by atoms with E-state index >= 15 is 0 Å². The van der Waals surface area contributed by atoms with E-state index in [2.05, 4.69) is 22.8 Å². The minimum atomic E-state index is -0.224. The minimum Gasteiger partial charge on any atom is -0.394 e. The fraction of sp³-hybridized carbons (Fsp3) is 0.462. The number of carbonyl (C=O) groups excluding carboxylic acids is 1. The third-order valence-electron chi connectivity index (χ3n) is 2.92. The summed E-state index contributed by atoms with van der Waals surface area (Å²) in [5.41, 5.74) is 1.18. The summed E-state index contributed by atoms with van der Waals surface area (Å²) < 4.78 is 0. The average molecular weight is 266 g/mol. The highest BCUT2D eigenvalue weighted by molar-refractivity contribution is 7.99. The van der Waals surface area contributed by atoms with Gasteiger partial charge in [0.05, 0.1) is 18.7 Å². The van der Waals surface area contributed by atoms with Crippen molar-refractivity contribution < 1.29 is 9.90 Å². The van der Waals surface area contributed by atoms with Crippen LogP contribution in [-0.2, 0) is 0 Å². The number of benzene rings is 1. The van der Waals surface area contributed by atoms with Crippen LogP contribution in [0.1, 0.15) is 24.9 Å². The summed E-state index contributed by atoms with van der Waals surface area (Å²) in [6, 6.07) is 7.77. The first kappa shape index (κ1) is 13.2. The van der Waals surface area contributed by atoms with Crippen molar-refractivity contribution in [1.29, 1.82) is 0 Å². The molecule has 0 aromatic heterocycles. The van der Waals surface area contributed by atoms with Gasteiger partial charge in [-0.3, -0.25) is 0 Å². The number of fused-ring (bicyclic) bond motifs is 1. The molecule has 3 N–H and O–H groups in total. The van der Waals surface area contributed by atoms with Gasteiger partial charge in [-0.25, -0.2) is 4.79 Å². The van der Waals surface area contributed by atoms with Crippen molar-refractivity contribution in [3.05, 3.63) is 29.8 Å². The fourth-order valence-corrected chi connectivity index (χ4v) is 3.09. The van der Waals surface area contributed by atoms with Crippen LogP contribution in [-0.4, -0.2) is 29.5 Å². The Morgan fingerprint density at radius 2 is 2.33 bits per heavy atom. The Morgan fingerprint density at radius 3 is 3.11 bits per heavy atom. The number of nitrogens with one attached hydrogen (secondary N) is 2. The van der Waals surface area contributed by atoms with Crippen molar-refractivity contribution in [2.24, 2.45) is 0 Å². The summed E-state index contributed by atoms with van der Waals surface area (Å²) in [6.07, 6.45) is 0.933. The van der Waals surface area contributed by atoms with E-state index in [1.165, 1.54) is 10.5 Å². The Kier molecular flexibility index (Phi) is 4.49. The molecular formula is C13H18N2O2S. The lowest BCUT2D eigenvalue weighted by Gasteiger charge is -2.26. The van der Waals surface area contributed by atoms with Gasteiger partial charge in [-0.05, 0) is 25.0 Å². The van der Waals surface area contributed by atoms with Crippen LogP contribution in [0.3, 0.4) is 0 Å². The highest BCUT2D eigenvalue weighted by Crippen LogP contribution is 2.35. The molecule has 0 unspecified atom stereocenters. The van der Waals surface area contributed by atoms with Crippen LogP contribution in [0, 0.1) is 0 Å². The number of aliphatic hydroxyl groups is 1. The lowest BCUT2D eigenvalue weighted by molar-refractivity contribution is 0.217. The number of carbonyl (C=O) groups is 1. The molecule has 2 atom stereocenters. The van der Waals surface area contributed by atoms with Gasteiger partial charge in [-0.15, -0.1) is 11.8 Å². The van der Waals surface area contributed by atoms with E-state index in [1.807, 2.05) is 23.9 Å². The maximum Gasteiger partial charge on any atom is 0.315 e. The predicted octanol–water partition coefficient (Wildman–Crippen LogP) is 1.90. The Balaban J connectivity index is 2.01. The van der Waals surface area contributed by atoms with Crippen molar-refractivity contribution >= 4 is 17.8 Å². The van der Waals surface area contributed by atoms with Gasteiger partial charge >= 0.3 is 6.03 Å². The van der Waals surface area contributed by atoms with Crippen LogP contribution < -0.4 is 10.6 Å². The maximum atomic E-state index is 11.8. The van der Waals surface area contributed by atoms with Crippen LogP contribution in [0.4, 0.5) is 4.79 Å². The predicted molar refractivity (Wildman–Crippen MR) is 72.7 cm³/mol. The number of thioether (sulfide) groups is 1. The Bertz CT molecular complexity index is 425. The molecule has 2 amide bonds. The molecule has 2 rings (SSSR count). The van der Waals surface area contributed by atoms with E-state index in [0.717, 1.165) is 12.2 Å². The zero-order chi connectivity index (χ0) is 13.0. The van der Waals surface area contributed by atoms with E-state index in [0.29, 0.717) is 0 Å². The minimum absolute atomic E-state index is 0.0511. The molecule has 0 aliphatic carbocycles. The average Bonchev–Trinajstić information content (AvgIpc) is 2.39. The molecule has 0 fully saturated rings. The SMILES string of the molecule is C[C@H](CO)NC(=O)N[C@@H]1CCSc2ccccc21. The van der Waals surface area contributed by atoms with Gasteiger partial charge in [-0.2, -0.15) is 0 Å². The van der Waals surface area contributed by atoms with Crippen molar-refractivity contribution in [2.75, 3.05) is 12.4 Å². The Hall–Kier alpha value is -1.20. The number of amides is 2. The van der Waals surface area contributed by atoms with Crippen LogP contribution in [0.15, 0.2) is 29.2 Å². The van der Waals surface area contributed by atoms with Gasteiger partial charge in [0, 0.05) is 10.6 Å². The van der Waals surface area contributed by atoms with Crippen LogP contribution >= 0.6 is 11.8 Å². The number of rotatable bonds is 3. The van der Waals surface area contributed by atoms with Gasteiger partial charge in [0.2, 0.25) is 0 Å². The molecular weight excluding hydrogens is 248 g/mol. The molecule has 1 aliphatic rings. The first-order valence-corrected chi connectivity index (χ1v) is 7.09. The van der Waals surface area contributed by atoms with Crippen LogP contribution in [0.2, 0.25) is 0 Å². The van der Waals surface area contributed by atoms with Crippen molar-refractivity contribution in [3.8, 4) is 0 Å². The lowest BCUT2D eigenvalue weighted by atomic mass is 10.0. The van der Waals surface area contributed by atoms with Crippen molar-refractivity contribution in [1.82, 2.24) is 10.6 Å². The molecule has 1 heterocycles. The van der Waals surface area contributed by atoms with Gasteiger partial charge in [-0.1, -0.05) is 18.2 Å². The molecule has 4 nitrogen and oxygen atoms in total. The van der Waals surface area contributed by atoms with E-state index in [9.17, 15) is 4.79 Å². The molecule has 98 valence electrons. The summed E-state index contributed by atoms with van der Waals surface area (Å²) in [5.74, 6) is 1.01. The first-order valence-electron chi connectivity index (χ1n) is 6.10. The van der Waals surface area contributed by atoms with Crippen molar-refractivity contribution in [2.45, 2.75) is 30.3 Å². The summed E-state index contributed by atoms with van der Waals surface area (Å²) in [7, 11) is 0. The Morgan fingerprint density at radius 1 is 1.56 bits per heavy atom. The molecule has 5 heteroatoms. The van der Waals surface area contributed by atoms with E-state index in [1.54, 1.807) is 6.92 Å². The third-order valence-corrected chi connectivity index (χ3v) is 4.04. The second-order valence-corrected chi connectivity index (χ2v) is 5.57. The summed E-state index contributed by atoms with van der Waals surface area (Å²) in [4.78, 5) is 13.0. The largest absolute Gasteiger partial charge is 0.394 e. The zero-order valence-electron chi connectivity index (χ0n) is 10.3. The number of hydrogen-bond acceptors (Lipinski definition) is 3. The monoisotopic (exact) mass is 266 g/mol. The van der Waals surface area contributed by atoms with E-state index in [-0.39, 0.29) is 24.7 Å². The smallest absolute Gasteiger partial charge is 0.315 e. The zero-order valence-corrected chi connectivity index (χ0v) is 11.2. The molecule has 1 aromatic carbocycles. The number of aliphatic hydroxyl groups excluding tert-OH is 1. The lowest BCUT2D eigenvalue weighted by Crippen LogP contribution is -2.44. The fourth-order valence-electron chi connectivity index (χ4n) is 1.96. The topological polar surface area (TPSA) is 61.4 Å². The second kappa shape index (κ2) is 6.11. The van der Waals surface area contributed by atoms with Gasteiger partial charge in [0.15, 0.2) is 0 Å². The summed E-state index contributed by atoms with van der Waals surface area (Å²) in [6.45, 7) is 1.72. The van der Waals surface area contributed by atoms with Crippen molar-refractivity contribution in [3.63, 3.8) is 0 Å². The highest BCUT2D eigenvalue weighted by atomic mass is 32.2. The van der Waals surface area contributed by atoms with Gasteiger partial charge in [0.1, 0.15) is 0 Å². The number of hydrogen-bond donors (Lipinski definition) is 3. The maximum absolute atomic E-state index is 11.8. The normalized spacial score (nSPS) is 19.8. The molecule has 0 spiro atoms. The molecule has 0 radical (unpaired) electrons. The molecule has 1 aliphatic heterocycles. The molecule has 1 aromatic rings. The summed E-state index contributed by atoms with van der Waals surface area (Å²) >= 11 is 1.83.